The van der Waals surface area contributed by atoms with Crippen molar-refractivity contribution in [1.82, 2.24) is 4.31 Å². The summed E-state index contributed by atoms with van der Waals surface area (Å²) in [7, 11) is -3.21. The van der Waals surface area contributed by atoms with E-state index >= 15 is 0 Å². The van der Waals surface area contributed by atoms with Crippen LogP contribution in [0.4, 0.5) is 10.1 Å². The van der Waals surface area contributed by atoms with E-state index < -0.39 is 15.8 Å². The van der Waals surface area contributed by atoms with E-state index in [0.717, 1.165) is 12.8 Å². The van der Waals surface area contributed by atoms with Crippen LogP contribution in [0.25, 0.3) is 0 Å². The molecule has 1 amide bonds. The lowest BCUT2D eigenvalue weighted by atomic mass is 10.0. The lowest BCUT2D eigenvalue weighted by molar-refractivity contribution is -0.118. The SMILES string of the molecule is CCCCS(=O)(=O)N1CC[C@@]2(C[C@@H]2C(=O)Nc2cccc(F)c2)C1. The molecule has 1 saturated heterocycles. The summed E-state index contributed by atoms with van der Waals surface area (Å²) in [5.41, 5.74) is 0.212. The largest absolute Gasteiger partial charge is 0.326 e. The highest BCUT2D eigenvalue weighted by Gasteiger charge is 2.62. The predicted molar refractivity (Wildman–Crippen MR) is 90.5 cm³/mol. The van der Waals surface area contributed by atoms with Crippen molar-refractivity contribution in [3.05, 3.63) is 30.1 Å². The van der Waals surface area contributed by atoms with Gasteiger partial charge in [0.25, 0.3) is 0 Å². The Morgan fingerprint density at radius 2 is 2.25 bits per heavy atom. The third-order valence-corrected chi connectivity index (χ3v) is 7.00. The highest BCUT2D eigenvalue weighted by Crippen LogP contribution is 2.59. The van der Waals surface area contributed by atoms with Crippen LogP contribution in [-0.2, 0) is 14.8 Å². The lowest BCUT2D eigenvalue weighted by Gasteiger charge is -2.16. The first-order valence-electron chi connectivity index (χ1n) is 8.40. The molecule has 2 fully saturated rings. The lowest BCUT2D eigenvalue weighted by Crippen LogP contribution is -2.32. The molecular formula is C17H23FN2O3S. The fourth-order valence-corrected chi connectivity index (χ4v) is 5.25. The molecule has 0 unspecified atom stereocenters. The normalized spacial score (nSPS) is 26.7. The summed E-state index contributed by atoms with van der Waals surface area (Å²) in [5, 5.41) is 2.74. The molecule has 1 N–H and O–H groups in total. The third kappa shape index (κ3) is 3.47. The van der Waals surface area contributed by atoms with Gasteiger partial charge < -0.3 is 5.32 Å². The Morgan fingerprint density at radius 3 is 2.96 bits per heavy atom. The fraction of sp³-hybridized carbons (Fsp3) is 0.588. The number of hydrogen-bond donors (Lipinski definition) is 1. The molecule has 7 heteroatoms. The van der Waals surface area contributed by atoms with Gasteiger partial charge in [-0.05, 0) is 42.9 Å². The Kier molecular flexibility index (Phi) is 4.66. The molecule has 0 aromatic heterocycles. The minimum Gasteiger partial charge on any atom is -0.326 e. The Balaban J connectivity index is 1.59. The monoisotopic (exact) mass is 354 g/mol. The quantitative estimate of drug-likeness (QED) is 0.854. The number of carbonyl (C=O) groups excluding carboxylic acids is 1. The molecule has 1 spiro atoms. The number of benzene rings is 1. The summed E-state index contributed by atoms with van der Waals surface area (Å²) in [4.78, 5) is 12.4. The Hall–Kier alpha value is -1.47. The van der Waals surface area contributed by atoms with Crippen LogP contribution in [0.5, 0.6) is 0 Å². The molecule has 1 aromatic rings. The van der Waals surface area contributed by atoms with E-state index in [9.17, 15) is 17.6 Å². The summed E-state index contributed by atoms with van der Waals surface area (Å²) in [6, 6.07) is 5.80. The van der Waals surface area contributed by atoms with E-state index in [1.54, 1.807) is 12.1 Å². The number of nitrogens with one attached hydrogen (secondary N) is 1. The summed E-state index contributed by atoms with van der Waals surface area (Å²) in [6.07, 6.45) is 2.93. The van der Waals surface area contributed by atoms with E-state index in [0.29, 0.717) is 31.6 Å². The van der Waals surface area contributed by atoms with Gasteiger partial charge in [-0.25, -0.2) is 17.1 Å². The first kappa shape index (κ1) is 17.4. The van der Waals surface area contributed by atoms with Crippen LogP contribution in [0.3, 0.4) is 0 Å². The number of amides is 1. The Bertz CT molecular complexity index is 737. The average molecular weight is 354 g/mol. The maximum atomic E-state index is 13.2. The summed E-state index contributed by atoms with van der Waals surface area (Å²) in [6.45, 7) is 2.89. The van der Waals surface area contributed by atoms with Crippen LogP contribution < -0.4 is 5.32 Å². The second kappa shape index (κ2) is 6.44. The number of unbranched alkanes of at least 4 members (excludes halogenated alkanes) is 1. The third-order valence-electron chi connectivity index (χ3n) is 5.10. The van der Waals surface area contributed by atoms with Crippen molar-refractivity contribution < 1.29 is 17.6 Å². The minimum atomic E-state index is -3.21. The van der Waals surface area contributed by atoms with Gasteiger partial charge in [0.05, 0.1) is 5.75 Å². The molecule has 0 radical (unpaired) electrons. The van der Waals surface area contributed by atoms with Crippen LogP contribution in [0.15, 0.2) is 24.3 Å². The van der Waals surface area contributed by atoms with Crippen LogP contribution in [0.1, 0.15) is 32.6 Å². The summed E-state index contributed by atoms with van der Waals surface area (Å²) in [5.74, 6) is -0.548. The van der Waals surface area contributed by atoms with Gasteiger partial charge in [-0.2, -0.15) is 0 Å². The zero-order chi connectivity index (χ0) is 17.4. The fourth-order valence-electron chi connectivity index (χ4n) is 3.52. The summed E-state index contributed by atoms with van der Waals surface area (Å²) >= 11 is 0. The van der Waals surface area contributed by atoms with Gasteiger partial charge in [-0.3, -0.25) is 4.79 Å². The molecule has 0 bridgehead atoms. The van der Waals surface area contributed by atoms with E-state index in [1.165, 1.54) is 16.4 Å². The maximum absolute atomic E-state index is 13.2. The zero-order valence-electron chi connectivity index (χ0n) is 13.8. The van der Waals surface area contributed by atoms with Crippen molar-refractivity contribution in [2.45, 2.75) is 32.6 Å². The van der Waals surface area contributed by atoms with Gasteiger partial charge >= 0.3 is 0 Å². The number of nitrogens with zero attached hydrogens (tertiary/aromatic N) is 1. The molecule has 1 aromatic carbocycles. The Labute approximate surface area is 142 Å². The molecule has 24 heavy (non-hydrogen) atoms. The first-order chi connectivity index (χ1) is 11.4. The molecule has 1 heterocycles. The second-order valence-corrected chi connectivity index (χ2v) is 8.96. The number of anilines is 1. The van der Waals surface area contributed by atoms with E-state index in [4.69, 9.17) is 0 Å². The second-order valence-electron chi connectivity index (χ2n) is 6.87. The molecule has 1 aliphatic heterocycles. The van der Waals surface area contributed by atoms with Crippen LogP contribution >= 0.6 is 0 Å². The van der Waals surface area contributed by atoms with Gasteiger partial charge in [0.1, 0.15) is 5.82 Å². The topological polar surface area (TPSA) is 66.5 Å². The van der Waals surface area contributed by atoms with E-state index in [1.807, 2.05) is 6.92 Å². The number of carbonyl (C=O) groups is 1. The molecular weight excluding hydrogens is 331 g/mol. The van der Waals surface area contributed by atoms with Crippen molar-refractivity contribution >= 4 is 21.6 Å². The highest BCUT2D eigenvalue weighted by molar-refractivity contribution is 7.89. The van der Waals surface area contributed by atoms with Crippen molar-refractivity contribution in [1.29, 1.82) is 0 Å². The number of hydrogen-bond acceptors (Lipinski definition) is 3. The van der Waals surface area contributed by atoms with Crippen LogP contribution in [0.2, 0.25) is 0 Å². The van der Waals surface area contributed by atoms with Gasteiger partial charge in [-0.15, -0.1) is 0 Å². The van der Waals surface area contributed by atoms with Crippen molar-refractivity contribution in [3.8, 4) is 0 Å². The average Bonchev–Trinajstić information content (AvgIpc) is 3.05. The number of rotatable bonds is 6. The van der Waals surface area contributed by atoms with Crippen molar-refractivity contribution in [3.63, 3.8) is 0 Å². The minimum absolute atomic E-state index is 0.145. The standard InChI is InChI=1S/C17H23FN2O3S/c1-2-3-9-24(22,23)20-8-7-17(12-20)11-15(17)16(21)19-14-6-4-5-13(18)10-14/h4-6,10,15H,2-3,7-9,11-12H2,1H3,(H,19,21)/t15-,17-/m1/s1. The molecule has 5 nitrogen and oxygen atoms in total. The van der Waals surface area contributed by atoms with E-state index in [2.05, 4.69) is 5.32 Å². The Morgan fingerprint density at radius 1 is 1.46 bits per heavy atom. The number of halogens is 1. The van der Waals surface area contributed by atoms with Crippen LogP contribution in [0, 0.1) is 17.2 Å². The van der Waals surface area contributed by atoms with Gasteiger partial charge in [0.15, 0.2) is 0 Å². The smallest absolute Gasteiger partial charge is 0.228 e. The van der Waals surface area contributed by atoms with Gasteiger partial charge in [0.2, 0.25) is 15.9 Å². The molecule has 1 aliphatic carbocycles. The van der Waals surface area contributed by atoms with Gasteiger partial charge in [-0.1, -0.05) is 19.4 Å². The number of sulfonamides is 1. The first-order valence-corrected chi connectivity index (χ1v) is 10.0. The predicted octanol–water partition coefficient (Wildman–Crippen LogP) is 2.61. The molecule has 3 rings (SSSR count). The summed E-state index contributed by atoms with van der Waals surface area (Å²) < 4.78 is 39.3. The maximum Gasteiger partial charge on any atom is 0.228 e. The molecule has 1 saturated carbocycles. The van der Waals surface area contributed by atoms with Gasteiger partial charge in [0, 0.05) is 24.7 Å². The van der Waals surface area contributed by atoms with Crippen molar-refractivity contribution in [2.75, 3.05) is 24.2 Å². The molecule has 2 atom stereocenters. The highest BCUT2D eigenvalue weighted by atomic mass is 32.2. The molecule has 2 aliphatic rings. The van der Waals surface area contributed by atoms with Crippen LogP contribution in [-0.4, -0.2) is 37.5 Å². The molecule has 132 valence electrons. The van der Waals surface area contributed by atoms with Crippen molar-refractivity contribution in [2.24, 2.45) is 11.3 Å². The van der Waals surface area contributed by atoms with E-state index in [-0.39, 0.29) is 23.0 Å². The zero-order valence-corrected chi connectivity index (χ0v) is 14.6.